The highest BCUT2D eigenvalue weighted by molar-refractivity contribution is 5.82. The number of rotatable bonds is 5. The molecule has 1 fully saturated rings. The quantitative estimate of drug-likeness (QED) is 0.874. The van der Waals surface area contributed by atoms with Crippen LogP contribution in [0.25, 0.3) is 0 Å². The van der Waals surface area contributed by atoms with Crippen LogP contribution in [0.4, 0.5) is 0 Å². The number of carbonyl (C=O) groups excluding carboxylic acids is 1. The molecule has 3 N–H and O–H groups in total. The molecule has 4 nitrogen and oxygen atoms in total. The average Bonchev–Trinajstić information content (AvgIpc) is 2.53. The summed E-state index contributed by atoms with van der Waals surface area (Å²) >= 11 is 0. The van der Waals surface area contributed by atoms with E-state index in [1.807, 2.05) is 23.1 Å². The molecule has 1 aliphatic carbocycles. The Hall–Kier alpha value is -1.39. The van der Waals surface area contributed by atoms with Gasteiger partial charge in [0.25, 0.3) is 5.91 Å². The lowest BCUT2D eigenvalue weighted by atomic mass is 9.90. The molecule has 0 aliphatic heterocycles. The number of amides is 1. The van der Waals surface area contributed by atoms with Gasteiger partial charge < -0.3 is 15.7 Å². The molecule has 1 aromatic rings. The third-order valence-electron chi connectivity index (χ3n) is 4.28. The van der Waals surface area contributed by atoms with Gasteiger partial charge in [-0.3, -0.25) is 4.79 Å². The fraction of sp³-hybridized carbons (Fsp3) is 0.588. The van der Waals surface area contributed by atoms with Crippen LogP contribution in [-0.4, -0.2) is 34.5 Å². The maximum atomic E-state index is 12.7. The minimum Gasteiger partial charge on any atom is -0.378 e. The zero-order valence-electron chi connectivity index (χ0n) is 12.7. The van der Waals surface area contributed by atoms with Crippen LogP contribution in [0.15, 0.2) is 30.3 Å². The fourth-order valence-electron chi connectivity index (χ4n) is 3.06. The van der Waals surface area contributed by atoms with E-state index in [2.05, 4.69) is 6.92 Å². The number of benzene rings is 1. The monoisotopic (exact) mass is 290 g/mol. The van der Waals surface area contributed by atoms with E-state index < -0.39 is 6.10 Å². The molecule has 21 heavy (non-hydrogen) atoms. The first kappa shape index (κ1) is 16.0. The minimum absolute atomic E-state index is 0.177. The van der Waals surface area contributed by atoms with Gasteiger partial charge in [0.1, 0.15) is 0 Å². The van der Waals surface area contributed by atoms with Gasteiger partial charge in [0, 0.05) is 18.6 Å². The molecule has 1 aliphatic rings. The van der Waals surface area contributed by atoms with Crippen molar-refractivity contribution < 1.29 is 9.90 Å². The summed E-state index contributed by atoms with van der Waals surface area (Å²) < 4.78 is 0. The predicted octanol–water partition coefficient (Wildman–Crippen LogP) is 2.23. The van der Waals surface area contributed by atoms with E-state index in [1.165, 1.54) is 0 Å². The van der Waals surface area contributed by atoms with E-state index in [1.54, 1.807) is 12.1 Å². The topological polar surface area (TPSA) is 66.6 Å². The second-order valence-corrected chi connectivity index (χ2v) is 5.91. The van der Waals surface area contributed by atoms with E-state index >= 15 is 0 Å². The molecular formula is C17H26N2O2. The number of hydrogen-bond acceptors (Lipinski definition) is 3. The number of carbonyl (C=O) groups is 1. The predicted molar refractivity (Wildman–Crippen MR) is 83.6 cm³/mol. The molecule has 0 radical (unpaired) electrons. The highest BCUT2D eigenvalue weighted by atomic mass is 16.3. The third-order valence-corrected chi connectivity index (χ3v) is 4.28. The molecule has 0 aromatic heterocycles. The molecule has 0 spiro atoms. The van der Waals surface area contributed by atoms with Crippen molar-refractivity contribution in [1.82, 2.24) is 4.90 Å². The lowest BCUT2D eigenvalue weighted by molar-refractivity contribution is -0.143. The highest BCUT2D eigenvalue weighted by Crippen LogP contribution is 2.25. The van der Waals surface area contributed by atoms with E-state index in [0.29, 0.717) is 12.1 Å². The molecule has 0 saturated heterocycles. The number of aliphatic hydroxyl groups excluding tert-OH is 1. The first-order chi connectivity index (χ1) is 10.1. The Bertz CT molecular complexity index is 441. The smallest absolute Gasteiger partial charge is 0.256 e. The van der Waals surface area contributed by atoms with E-state index in [9.17, 15) is 9.90 Å². The normalized spacial score (nSPS) is 23.6. The summed E-state index contributed by atoms with van der Waals surface area (Å²) in [4.78, 5) is 14.5. The number of nitrogens with two attached hydrogens (primary N) is 1. The average molecular weight is 290 g/mol. The summed E-state index contributed by atoms with van der Waals surface area (Å²) in [6.07, 6.45) is 3.63. The maximum Gasteiger partial charge on any atom is 0.256 e. The van der Waals surface area contributed by atoms with Crippen molar-refractivity contribution in [2.24, 2.45) is 5.73 Å². The minimum atomic E-state index is -1.06. The Kier molecular flexibility index (Phi) is 5.76. The molecular weight excluding hydrogens is 264 g/mol. The van der Waals surface area contributed by atoms with Crippen LogP contribution >= 0.6 is 0 Å². The zero-order chi connectivity index (χ0) is 15.2. The molecule has 1 amide bonds. The van der Waals surface area contributed by atoms with Crippen LogP contribution in [0, 0.1) is 0 Å². The van der Waals surface area contributed by atoms with E-state index in [4.69, 9.17) is 5.73 Å². The van der Waals surface area contributed by atoms with Crippen LogP contribution in [0.1, 0.15) is 50.7 Å². The maximum absolute atomic E-state index is 12.7. The summed E-state index contributed by atoms with van der Waals surface area (Å²) in [6, 6.07) is 9.64. The Morgan fingerprint density at radius 1 is 1.29 bits per heavy atom. The molecule has 1 atom stereocenters. The number of hydrogen-bond donors (Lipinski definition) is 2. The van der Waals surface area contributed by atoms with Gasteiger partial charge in [-0.25, -0.2) is 0 Å². The van der Waals surface area contributed by atoms with Gasteiger partial charge in [0.05, 0.1) is 0 Å². The molecule has 116 valence electrons. The van der Waals surface area contributed by atoms with Crippen molar-refractivity contribution in [1.29, 1.82) is 0 Å². The summed E-state index contributed by atoms with van der Waals surface area (Å²) in [7, 11) is 0. The molecule has 0 heterocycles. The van der Waals surface area contributed by atoms with Crippen LogP contribution in [0.2, 0.25) is 0 Å². The Morgan fingerprint density at radius 2 is 1.90 bits per heavy atom. The molecule has 0 bridgehead atoms. The summed E-state index contributed by atoms with van der Waals surface area (Å²) in [5.41, 5.74) is 6.61. The summed E-state index contributed by atoms with van der Waals surface area (Å²) in [5, 5.41) is 10.4. The van der Waals surface area contributed by atoms with Crippen LogP contribution in [0.3, 0.4) is 0 Å². The van der Waals surface area contributed by atoms with Gasteiger partial charge >= 0.3 is 0 Å². The van der Waals surface area contributed by atoms with Gasteiger partial charge in [0.15, 0.2) is 6.10 Å². The van der Waals surface area contributed by atoms with Crippen molar-refractivity contribution in [2.75, 3.05) is 6.54 Å². The molecule has 1 unspecified atom stereocenters. The fourth-order valence-corrected chi connectivity index (χ4v) is 3.06. The standard InChI is InChI=1S/C17H26N2O2/c1-2-12-19(15-10-8-14(18)9-11-15)17(21)16(20)13-6-4-3-5-7-13/h3-7,14-16,20H,2,8-12,18H2,1H3. The second kappa shape index (κ2) is 7.57. The Balaban J connectivity index is 2.08. The van der Waals surface area contributed by atoms with Gasteiger partial charge in [-0.15, -0.1) is 0 Å². The zero-order valence-corrected chi connectivity index (χ0v) is 12.7. The SMILES string of the molecule is CCCN(C(=O)C(O)c1ccccc1)C1CCC(N)CC1. The first-order valence-electron chi connectivity index (χ1n) is 7.92. The van der Waals surface area contributed by atoms with Crippen molar-refractivity contribution in [3.63, 3.8) is 0 Å². The van der Waals surface area contributed by atoms with Crippen molar-refractivity contribution >= 4 is 5.91 Å². The number of nitrogens with zero attached hydrogens (tertiary/aromatic N) is 1. The Morgan fingerprint density at radius 3 is 2.48 bits per heavy atom. The van der Waals surface area contributed by atoms with E-state index in [0.717, 1.165) is 32.1 Å². The number of aliphatic hydroxyl groups is 1. The third kappa shape index (κ3) is 4.05. The van der Waals surface area contributed by atoms with Crippen molar-refractivity contribution in [3.05, 3.63) is 35.9 Å². The molecule has 4 heteroatoms. The van der Waals surface area contributed by atoms with Crippen molar-refractivity contribution in [3.8, 4) is 0 Å². The molecule has 1 aromatic carbocycles. The van der Waals surface area contributed by atoms with Gasteiger partial charge in [0.2, 0.25) is 0 Å². The molecule has 1 saturated carbocycles. The van der Waals surface area contributed by atoms with Gasteiger partial charge in [-0.2, -0.15) is 0 Å². The lowest BCUT2D eigenvalue weighted by Gasteiger charge is -2.37. The van der Waals surface area contributed by atoms with E-state index in [-0.39, 0.29) is 18.0 Å². The lowest BCUT2D eigenvalue weighted by Crippen LogP contribution is -2.46. The van der Waals surface area contributed by atoms with Crippen LogP contribution in [-0.2, 0) is 4.79 Å². The summed E-state index contributed by atoms with van der Waals surface area (Å²) in [5.74, 6) is -0.177. The molecule has 2 rings (SSSR count). The Labute approximate surface area is 126 Å². The van der Waals surface area contributed by atoms with Crippen LogP contribution in [0.5, 0.6) is 0 Å². The van der Waals surface area contributed by atoms with Crippen LogP contribution < -0.4 is 5.73 Å². The first-order valence-corrected chi connectivity index (χ1v) is 7.92. The largest absolute Gasteiger partial charge is 0.378 e. The second-order valence-electron chi connectivity index (χ2n) is 5.91. The highest BCUT2D eigenvalue weighted by Gasteiger charge is 2.31. The summed E-state index contributed by atoms with van der Waals surface area (Å²) in [6.45, 7) is 2.76. The van der Waals surface area contributed by atoms with Crippen molar-refractivity contribution in [2.45, 2.75) is 57.2 Å². The van der Waals surface area contributed by atoms with Gasteiger partial charge in [-0.05, 0) is 37.7 Å². The van der Waals surface area contributed by atoms with Gasteiger partial charge in [-0.1, -0.05) is 37.3 Å².